The summed E-state index contributed by atoms with van der Waals surface area (Å²) in [5.74, 6) is -0.355. The summed E-state index contributed by atoms with van der Waals surface area (Å²) in [6, 6.07) is 17.2. The molecular weight excluding hydrogens is 304 g/mol. The number of amides is 2. The highest BCUT2D eigenvalue weighted by molar-refractivity contribution is 6.09. The molecule has 24 heavy (non-hydrogen) atoms. The molecule has 0 aliphatic heterocycles. The van der Waals surface area contributed by atoms with E-state index in [9.17, 15) is 14.7 Å². The Balaban J connectivity index is 1.90. The Bertz CT molecular complexity index is 935. The summed E-state index contributed by atoms with van der Waals surface area (Å²) in [5, 5.41) is 16.8. The van der Waals surface area contributed by atoms with E-state index in [0.29, 0.717) is 16.9 Å². The zero-order valence-electron chi connectivity index (χ0n) is 13.0. The first kappa shape index (κ1) is 15.6. The highest BCUT2D eigenvalue weighted by Gasteiger charge is 2.10. The molecule has 0 bridgehead atoms. The van der Waals surface area contributed by atoms with E-state index >= 15 is 0 Å². The molecule has 0 radical (unpaired) electrons. The maximum absolute atomic E-state index is 12.5. The van der Waals surface area contributed by atoms with Gasteiger partial charge in [-0.1, -0.05) is 24.3 Å². The predicted octanol–water partition coefficient (Wildman–Crippen LogP) is 3.76. The van der Waals surface area contributed by atoms with Gasteiger partial charge in [0.1, 0.15) is 5.75 Å². The first-order valence-corrected chi connectivity index (χ1v) is 7.44. The molecule has 0 heterocycles. The molecule has 3 aromatic carbocycles. The van der Waals surface area contributed by atoms with Crippen molar-refractivity contribution in [3.8, 4) is 5.75 Å². The Hall–Kier alpha value is -3.34. The van der Waals surface area contributed by atoms with Crippen LogP contribution in [0.1, 0.15) is 17.3 Å². The molecule has 0 aliphatic rings. The van der Waals surface area contributed by atoms with Crippen molar-refractivity contribution < 1.29 is 14.7 Å². The van der Waals surface area contributed by atoms with Crippen LogP contribution in [0.2, 0.25) is 0 Å². The second-order valence-corrected chi connectivity index (χ2v) is 5.43. The van der Waals surface area contributed by atoms with Gasteiger partial charge in [-0.25, -0.2) is 0 Å². The topological polar surface area (TPSA) is 78.4 Å². The van der Waals surface area contributed by atoms with E-state index in [1.165, 1.54) is 6.92 Å². The van der Waals surface area contributed by atoms with E-state index in [1.54, 1.807) is 48.5 Å². The van der Waals surface area contributed by atoms with Crippen LogP contribution in [0.15, 0.2) is 60.7 Å². The van der Waals surface area contributed by atoms with Gasteiger partial charge in [-0.3, -0.25) is 9.59 Å². The van der Waals surface area contributed by atoms with Crippen LogP contribution < -0.4 is 10.6 Å². The van der Waals surface area contributed by atoms with Gasteiger partial charge in [-0.05, 0) is 41.8 Å². The monoisotopic (exact) mass is 320 g/mol. The Morgan fingerprint density at radius 1 is 0.917 bits per heavy atom. The van der Waals surface area contributed by atoms with Crippen molar-refractivity contribution in [2.24, 2.45) is 0 Å². The highest BCUT2D eigenvalue weighted by Crippen LogP contribution is 2.27. The van der Waals surface area contributed by atoms with Crippen molar-refractivity contribution in [1.82, 2.24) is 0 Å². The first-order valence-electron chi connectivity index (χ1n) is 7.44. The number of hydrogen-bond donors (Lipinski definition) is 3. The number of rotatable bonds is 3. The van der Waals surface area contributed by atoms with E-state index < -0.39 is 0 Å². The number of carbonyl (C=O) groups is 2. The second-order valence-electron chi connectivity index (χ2n) is 5.43. The van der Waals surface area contributed by atoms with Crippen LogP contribution >= 0.6 is 0 Å². The number of phenols is 1. The molecule has 0 unspecified atom stereocenters. The summed E-state index contributed by atoms with van der Waals surface area (Å²) in [6.07, 6.45) is 0. The Kier molecular flexibility index (Phi) is 4.16. The molecule has 0 spiro atoms. The van der Waals surface area contributed by atoms with Gasteiger partial charge in [0.2, 0.25) is 5.91 Å². The average Bonchev–Trinajstić information content (AvgIpc) is 2.55. The molecule has 5 nitrogen and oxygen atoms in total. The van der Waals surface area contributed by atoms with Crippen LogP contribution in [-0.4, -0.2) is 16.9 Å². The van der Waals surface area contributed by atoms with Gasteiger partial charge in [-0.2, -0.15) is 0 Å². The normalized spacial score (nSPS) is 10.4. The third kappa shape index (κ3) is 3.35. The largest absolute Gasteiger partial charge is 0.508 e. The summed E-state index contributed by atoms with van der Waals surface area (Å²) in [4.78, 5) is 23.6. The number of carbonyl (C=O) groups excluding carboxylic acids is 2. The Labute approximate surface area is 138 Å². The highest BCUT2D eigenvalue weighted by atomic mass is 16.3. The van der Waals surface area contributed by atoms with Crippen molar-refractivity contribution in [2.75, 3.05) is 10.6 Å². The van der Waals surface area contributed by atoms with Gasteiger partial charge in [-0.15, -0.1) is 0 Å². The Morgan fingerprint density at radius 2 is 1.71 bits per heavy atom. The smallest absolute Gasteiger partial charge is 0.255 e. The van der Waals surface area contributed by atoms with Crippen molar-refractivity contribution in [1.29, 1.82) is 0 Å². The van der Waals surface area contributed by atoms with Gasteiger partial charge in [0.25, 0.3) is 5.91 Å². The molecule has 0 saturated heterocycles. The third-order valence-electron chi connectivity index (χ3n) is 3.56. The molecular formula is C19H16N2O3. The number of anilines is 2. The third-order valence-corrected chi connectivity index (χ3v) is 3.56. The van der Waals surface area contributed by atoms with Crippen molar-refractivity contribution in [3.63, 3.8) is 0 Å². The SMILES string of the molecule is CC(=O)Nc1cccc(C(=O)Nc2cccc3ccc(O)cc23)c1. The van der Waals surface area contributed by atoms with Crippen LogP contribution in [0.5, 0.6) is 5.75 Å². The molecule has 3 rings (SSSR count). The van der Waals surface area contributed by atoms with E-state index in [1.807, 2.05) is 12.1 Å². The lowest BCUT2D eigenvalue weighted by atomic mass is 10.1. The van der Waals surface area contributed by atoms with Gasteiger partial charge >= 0.3 is 0 Å². The fraction of sp³-hybridized carbons (Fsp3) is 0.0526. The second kappa shape index (κ2) is 6.42. The fourth-order valence-electron chi connectivity index (χ4n) is 2.51. The summed E-state index contributed by atoms with van der Waals surface area (Å²) in [5.41, 5.74) is 1.60. The maximum atomic E-state index is 12.5. The lowest BCUT2D eigenvalue weighted by molar-refractivity contribution is -0.114. The molecule has 0 atom stereocenters. The summed E-state index contributed by atoms with van der Waals surface area (Å²) in [7, 11) is 0. The van der Waals surface area contributed by atoms with E-state index in [0.717, 1.165) is 10.8 Å². The van der Waals surface area contributed by atoms with E-state index in [-0.39, 0.29) is 17.6 Å². The molecule has 0 saturated carbocycles. The number of aromatic hydroxyl groups is 1. The van der Waals surface area contributed by atoms with Crippen LogP contribution in [-0.2, 0) is 4.79 Å². The van der Waals surface area contributed by atoms with Crippen molar-refractivity contribution in [2.45, 2.75) is 6.92 Å². The first-order chi connectivity index (χ1) is 11.5. The van der Waals surface area contributed by atoms with Crippen molar-refractivity contribution in [3.05, 3.63) is 66.2 Å². The van der Waals surface area contributed by atoms with Crippen LogP contribution in [0.25, 0.3) is 10.8 Å². The van der Waals surface area contributed by atoms with Gasteiger partial charge < -0.3 is 15.7 Å². The summed E-state index contributed by atoms with van der Waals surface area (Å²) < 4.78 is 0. The summed E-state index contributed by atoms with van der Waals surface area (Å²) in [6.45, 7) is 1.41. The van der Waals surface area contributed by atoms with Gasteiger partial charge in [0.15, 0.2) is 0 Å². The number of benzene rings is 3. The van der Waals surface area contributed by atoms with E-state index in [2.05, 4.69) is 10.6 Å². The number of phenolic OH excluding ortho intramolecular Hbond substituents is 1. The van der Waals surface area contributed by atoms with Crippen LogP contribution in [0.3, 0.4) is 0 Å². The average molecular weight is 320 g/mol. The Morgan fingerprint density at radius 3 is 2.50 bits per heavy atom. The van der Waals surface area contributed by atoms with E-state index in [4.69, 9.17) is 0 Å². The maximum Gasteiger partial charge on any atom is 0.255 e. The minimum Gasteiger partial charge on any atom is -0.508 e. The van der Waals surface area contributed by atoms with Gasteiger partial charge in [0, 0.05) is 29.2 Å². The lowest BCUT2D eigenvalue weighted by Gasteiger charge is -2.10. The lowest BCUT2D eigenvalue weighted by Crippen LogP contribution is -2.13. The molecule has 5 heteroatoms. The standard InChI is InChI=1S/C19H16N2O3/c1-12(22)20-15-6-2-5-14(10-15)19(24)21-18-7-3-4-13-8-9-16(23)11-17(13)18/h2-11,23H,1H3,(H,20,22)(H,21,24). The number of hydrogen-bond acceptors (Lipinski definition) is 3. The van der Waals surface area contributed by atoms with Crippen molar-refractivity contribution >= 4 is 34.0 Å². The zero-order chi connectivity index (χ0) is 17.1. The molecule has 120 valence electrons. The molecule has 3 aromatic rings. The van der Waals surface area contributed by atoms with Crippen LogP contribution in [0, 0.1) is 0 Å². The van der Waals surface area contributed by atoms with Gasteiger partial charge in [0.05, 0.1) is 0 Å². The molecule has 0 fully saturated rings. The minimum absolute atomic E-state index is 0.136. The fourth-order valence-corrected chi connectivity index (χ4v) is 2.51. The number of fused-ring (bicyclic) bond motifs is 1. The quantitative estimate of drug-likeness (QED) is 0.687. The minimum atomic E-state index is -0.293. The summed E-state index contributed by atoms with van der Waals surface area (Å²) >= 11 is 0. The number of nitrogens with one attached hydrogen (secondary N) is 2. The molecule has 2 amide bonds. The molecule has 0 aromatic heterocycles. The predicted molar refractivity (Wildman–Crippen MR) is 94.3 cm³/mol. The molecule has 0 aliphatic carbocycles. The zero-order valence-corrected chi connectivity index (χ0v) is 13.0. The van der Waals surface area contributed by atoms with Crippen LogP contribution in [0.4, 0.5) is 11.4 Å². The molecule has 3 N–H and O–H groups in total.